The topological polar surface area (TPSA) is 62.4 Å². The Morgan fingerprint density at radius 2 is 2.29 bits per heavy atom. The second-order valence-corrected chi connectivity index (χ2v) is 4.83. The van der Waals surface area contributed by atoms with Crippen LogP contribution in [0.5, 0.6) is 0 Å². The van der Waals surface area contributed by atoms with Crippen molar-refractivity contribution < 1.29 is 5.11 Å². The van der Waals surface area contributed by atoms with E-state index in [0.29, 0.717) is 12.5 Å². The summed E-state index contributed by atoms with van der Waals surface area (Å²) in [5.41, 5.74) is 10.2. The SMILES string of the molecule is Cc1cc(N2CCC(CO)C2)c(CN)c(C)n1. The number of hydrogen-bond donors (Lipinski definition) is 2. The van der Waals surface area contributed by atoms with Crippen molar-refractivity contribution in [3.05, 3.63) is 23.0 Å². The molecule has 4 nitrogen and oxygen atoms in total. The predicted molar refractivity (Wildman–Crippen MR) is 69.0 cm³/mol. The van der Waals surface area contributed by atoms with Gasteiger partial charge in [0.1, 0.15) is 0 Å². The number of aryl methyl sites for hydroxylation is 2. The lowest BCUT2D eigenvalue weighted by Crippen LogP contribution is -2.23. The lowest BCUT2D eigenvalue weighted by atomic mass is 10.1. The van der Waals surface area contributed by atoms with E-state index in [1.807, 2.05) is 13.8 Å². The Morgan fingerprint density at radius 3 is 2.88 bits per heavy atom. The smallest absolute Gasteiger partial charge is 0.0476 e. The molecule has 0 saturated carbocycles. The van der Waals surface area contributed by atoms with Gasteiger partial charge in [0, 0.05) is 54.8 Å². The first-order valence-electron chi connectivity index (χ1n) is 6.18. The molecule has 4 heteroatoms. The van der Waals surface area contributed by atoms with Gasteiger partial charge in [0.2, 0.25) is 0 Å². The van der Waals surface area contributed by atoms with Gasteiger partial charge in [0.05, 0.1) is 0 Å². The van der Waals surface area contributed by atoms with E-state index in [2.05, 4.69) is 16.0 Å². The van der Waals surface area contributed by atoms with E-state index in [1.165, 1.54) is 5.69 Å². The number of aliphatic hydroxyl groups is 1. The Kier molecular flexibility index (Phi) is 3.64. The molecule has 1 atom stereocenters. The molecule has 2 heterocycles. The quantitative estimate of drug-likeness (QED) is 0.819. The highest BCUT2D eigenvalue weighted by Crippen LogP contribution is 2.28. The van der Waals surface area contributed by atoms with Crippen LogP contribution in [0.4, 0.5) is 5.69 Å². The molecular weight excluding hydrogens is 214 g/mol. The van der Waals surface area contributed by atoms with Gasteiger partial charge in [0.25, 0.3) is 0 Å². The molecule has 0 bridgehead atoms. The highest BCUT2D eigenvalue weighted by Gasteiger charge is 2.24. The molecule has 0 radical (unpaired) electrons. The number of aliphatic hydroxyl groups excluding tert-OH is 1. The number of hydrogen-bond acceptors (Lipinski definition) is 4. The zero-order valence-electron chi connectivity index (χ0n) is 10.6. The van der Waals surface area contributed by atoms with Gasteiger partial charge in [-0.05, 0) is 26.3 Å². The van der Waals surface area contributed by atoms with E-state index in [9.17, 15) is 5.11 Å². The first-order chi connectivity index (χ1) is 8.15. The van der Waals surface area contributed by atoms with Crippen molar-refractivity contribution in [2.24, 2.45) is 11.7 Å². The monoisotopic (exact) mass is 235 g/mol. The molecular formula is C13H21N3O. The van der Waals surface area contributed by atoms with Crippen LogP contribution < -0.4 is 10.6 Å². The third kappa shape index (κ3) is 2.42. The summed E-state index contributed by atoms with van der Waals surface area (Å²) in [6.07, 6.45) is 1.06. The second-order valence-electron chi connectivity index (χ2n) is 4.83. The van der Waals surface area contributed by atoms with Crippen LogP contribution in [0.25, 0.3) is 0 Å². The Balaban J connectivity index is 2.31. The van der Waals surface area contributed by atoms with Crippen molar-refractivity contribution in [1.29, 1.82) is 0 Å². The minimum Gasteiger partial charge on any atom is -0.396 e. The molecule has 1 aromatic heterocycles. The summed E-state index contributed by atoms with van der Waals surface area (Å²) >= 11 is 0. The molecule has 3 N–H and O–H groups in total. The van der Waals surface area contributed by atoms with E-state index in [1.54, 1.807) is 0 Å². The molecule has 0 amide bonds. The van der Waals surface area contributed by atoms with Crippen molar-refractivity contribution in [1.82, 2.24) is 4.98 Å². The minimum atomic E-state index is 0.275. The van der Waals surface area contributed by atoms with Gasteiger partial charge >= 0.3 is 0 Å². The van der Waals surface area contributed by atoms with Crippen molar-refractivity contribution in [2.75, 3.05) is 24.6 Å². The maximum atomic E-state index is 9.20. The summed E-state index contributed by atoms with van der Waals surface area (Å²) in [6.45, 7) is 6.74. The molecule has 1 fully saturated rings. The first kappa shape index (κ1) is 12.3. The number of aromatic nitrogens is 1. The second kappa shape index (κ2) is 5.02. The van der Waals surface area contributed by atoms with E-state index in [4.69, 9.17) is 5.73 Å². The summed E-state index contributed by atoms with van der Waals surface area (Å²) in [5, 5.41) is 9.20. The summed E-state index contributed by atoms with van der Waals surface area (Å²) in [6, 6.07) is 2.11. The average molecular weight is 235 g/mol. The Hall–Kier alpha value is -1.13. The molecule has 94 valence electrons. The molecule has 17 heavy (non-hydrogen) atoms. The summed E-state index contributed by atoms with van der Waals surface area (Å²) in [5.74, 6) is 0.398. The van der Waals surface area contributed by atoms with E-state index in [0.717, 1.165) is 36.5 Å². The van der Waals surface area contributed by atoms with Crippen molar-refractivity contribution in [2.45, 2.75) is 26.8 Å². The molecule has 0 aliphatic carbocycles. The van der Waals surface area contributed by atoms with Crippen molar-refractivity contribution in [3.8, 4) is 0 Å². The lowest BCUT2D eigenvalue weighted by Gasteiger charge is -2.23. The van der Waals surface area contributed by atoms with Crippen LogP contribution in [-0.4, -0.2) is 29.8 Å². The van der Waals surface area contributed by atoms with Crippen molar-refractivity contribution in [3.63, 3.8) is 0 Å². The lowest BCUT2D eigenvalue weighted by molar-refractivity contribution is 0.238. The van der Waals surface area contributed by atoms with Gasteiger partial charge in [-0.1, -0.05) is 0 Å². The fourth-order valence-electron chi connectivity index (χ4n) is 2.57. The zero-order valence-corrected chi connectivity index (χ0v) is 10.6. The molecule has 1 saturated heterocycles. The molecule has 0 spiro atoms. The van der Waals surface area contributed by atoms with Gasteiger partial charge in [-0.25, -0.2) is 0 Å². The molecule has 1 aliphatic rings. The highest BCUT2D eigenvalue weighted by molar-refractivity contribution is 5.56. The van der Waals surface area contributed by atoms with Gasteiger partial charge < -0.3 is 15.7 Å². The van der Waals surface area contributed by atoms with Crippen LogP contribution in [0, 0.1) is 19.8 Å². The number of nitrogens with two attached hydrogens (primary N) is 1. The number of pyridine rings is 1. The van der Waals surface area contributed by atoms with Gasteiger partial charge in [-0.3, -0.25) is 4.98 Å². The first-order valence-corrected chi connectivity index (χ1v) is 6.18. The van der Waals surface area contributed by atoms with Gasteiger partial charge in [-0.15, -0.1) is 0 Å². The van der Waals surface area contributed by atoms with Crippen molar-refractivity contribution >= 4 is 5.69 Å². The van der Waals surface area contributed by atoms with E-state index < -0.39 is 0 Å². The molecule has 1 aliphatic heterocycles. The average Bonchev–Trinajstić information content (AvgIpc) is 2.76. The summed E-state index contributed by atoms with van der Waals surface area (Å²) in [7, 11) is 0. The maximum Gasteiger partial charge on any atom is 0.0476 e. The van der Waals surface area contributed by atoms with Crippen LogP contribution in [0.1, 0.15) is 23.4 Å². The predicted octanol–water partition coefficient (Wildman–Crippen LogP) is 0.976. The van der Waals surface area contributed by atoms with Crippen LogP contribution in [0.2, 0.25) is 0 Å². The molecule has 1 unspecified atom stereocenters. The fraction of sp³-hybridized carbons (Fsp3) is 0.615. The summed E-state index contributed by atoms with van der Waals surface area (Å²) in [4.78, 5) is 6.78. The number of rotatable bonds is 3. The van der Waals surface area contributed by atoms with Crippen LogP contribution >= 0.6 is 0 Å². The van der Waals surface area contributed by atoms with Crippen LogP contribution in [0.15, 0.2) is 6.07 Å². The Morgan fingerprint density at radius 1 is 1.53 bits per heavy atom. The van der Waals surface area contributed by atoms with E-state index >= 15 is 0 Å². The molecule has 2 rings (SSSR count). The standard InChI is InChI=1S/C13H21N3O/c1-9-5-13(12(6-14)10(2)15-9)16-4-3-11(7-16)8-17/h5,11,17H,3-4,6-8,14H2,1-2H3. The van der Waals surface area contributed by atoms with E-state index in [-0.39, 0.29) is 6.61 Å². The zero-order chi connectivity index (χ0) is 12.4. The van der Waals surface area contributed by atoms with Gasteiger partial charge in [-0.2, -0.15) is 0 Å². The largest absolute Gasteiger partial charge is 0.396 e. The molecule has 1 aromatic rings. The number of anilines is 1. The minimum absolute atomic E-state index is 0.275. The van der Waals surface area contributed by atoms with Crippen LogP contribution in [-0.2, 0) is 6.54 Å². The maximum absolute atomic E-state index is 9.20. The molecule has 0 aromatic carbocycles. The summed E-state index contributed by atoms with van der Waals surface area (Å²) < 4.78 is 0. The third-order valence-corrected chi connectivity index (χ3v) is 3.52. The Labute approximate surface area is 102 Å². The highest BCUT2D eigenvalue weighted by atomic mass is 16.3. The fourth-order valence-corrected chi connectivity index (χ4v) is 2.57. The Bertz CT molecular complexity index is 406. The third-order valence-electron chi connectivity index (χ3n) is 3.52. The normalized spacial score (nSPS) is 20.0. The van der Waals surface area contributed by atoms with Gasteiger partial charge in [0.15, 0.2) is 0 Å². The number of nitrogens with zero attached hydrogens (tertiary/aromatic N) is 2. The van der Waals surface area contributed by atoms with Crippen LogP contribution in [0.3, 0.4) is 0 Å².